The molecule has 4 heteroatoms. The summed E-state index contributed by atoms with van der Waals surface area (Å²) < 4.78 is 5.22. The first-order valence-corrected chi connectivity index (χ1v) is 11.0. The molecular formula is C22H44N2O2. The molecule has 0 rings (SSSR count). The van der Waals surface area contributed by atoms with Crippen molar-refractivity contribution >= 4 is 5.91 Å². The maximum Gasteiger partial charge on any atom is 0.220 e. The van der Waals surface area contributed by atoms with E-state index < -0.39 is 0 Å². The van der Waals surface area contributed by atoms with Crippen LogP contribution in [0.15, 0.2) is 12.2 Å². The molecule has 0 saturated heterocycles. The number of rotatable bonds is 20. The molecule has 0 aliphatic rings. The van der Waals surface area contributed by atoms with Crippen molar-refractivity contribution in [1.29, 1.82) is 0 Å². The van der Waals surface area contributed by atoms with Crippen LogP contribution in [0.3, 0.4) is 0 Å². The smallest absolute Gasteiger partial charge is 0.220 e. The summed E-state index contributed by atoms with van der Waals surface area (Å²) in [6, 6.07) is 0. The summed E-state index contributed by atoms with van der Waals surface area (Å²) in [5.41, 5.74) is 5.32. The molecule has 0 aromatic heterocycles. The zero-order valence-corrected chi connectivity index (χ0v) is 17.3. The van der Waals surface area contributed by atoms with Crippen LogP contribution in [-0.2, 0) is 9.53 Å². The van der Waals surface area contributed by atoms with Gasteiger partial charge in [0.2, 0.25) is 5.91 Å². The highest BCUT2D eigenvalue weighted by Gasteiger charge is 2.00. The van der Waals surface area contributed by atoms with Crippen molar-refractivity contribution in [1.82, 2.24) is 5.32 Å². The molecular weight excluding hydrogens is 324 g/mol. The molecule has 4 nitrogen and oxygen atoms in total. The average molecular weight is 369 g/mol. The molecule has 0 aromatic carbocycles. The second-order valence-corrected chi connectivity index (χ2v) is 7.09. The summed E-state index contributed by atoms with van der Waals surface area (Å²) in [4.78, 5) is 11.6. The fourth-order valence-corrected chi connectivity index (χ4v) is 2.89. The maximum atomic E-state index is 11.6. The van der Waals surface area contributed by atoms with E-state index in [1.807, 2.05) is 0 Å². The number of ether oxygens (including phenoxy) is 1. The van der Waals surface area contributed by atoms with Crippen LogP contribution in [0.4, 0.5) is 0 Å². The van der Waals surface area contributed by atoms with Crippen LogP contribution in [0.1, 0.15) is 96.8 Å². The number of allylic oxidation sites excluding steroid dienone is 2. The van der Waals surface area contributed by atoms with E-state index in [9.17, 15) is 4.79 Å². The molecule has 1 amide bonds. The van der Waals surface area contributed by atoms with E-state index in [1.54, 1.807) is 0 Å². The third-order valence-electron chi connectivity index (χ3n) is 4.50. The molecule has 0 fully saturated rings. The van der Waals surface area contributed by atoms with Gasteiger partial charge in [-0.2, -0.15) is 0 Å². The number of nitrogens with two attached hydrogens (primary N) is 1. The first-order chi connectivity index (χ1) is 12.8. The van der Waals surface area contributed by atoms with Gasteiger partial charge in [0.25, 0.3) is 0 Å². The zero-order valence-electron chi connectivity index (χ0n) is 17.3. The molecule has 0 saturated carbocycles. The number of carbonyl (C=O) groups excluding carboxylic acids is 1. The van der Waals surface area contributed by atoms with Crippen LogP contribution in [-0.4, -0.2) is 32.2 Å². The Morgan fingerprint density at radius 1 is 0.846 bits per heavy atom. The minimum Gasteiger partial charge on any atom is -0.378 e. The number of hydrogen-bond acceptors (Lipinski definition) is 3. The van der Waals surface area contributed by atoms with Gasteiger partial charge in [0.05, 0.1) is 13.2 Å². The lowest BCUT2D eigenvalue weighted by molar-refractivity contribution is -0.121. The molecule has 154 valence electrons. The second kappa shape index (κ2) is 22.2. The van der Waals surface area contributed by atoms with Gasteiger partial charge >= 0.3 is 0 Å². The highest BCUT2D eigenvalue weighted by Crippen LogP contribution is 2.09. The third kappa shape index (κ3) is 21.2. The number of unbranched alkanes of at least 4 members (excludes halogenated alkanes) is 11. The second-order valence-electron chi connectivity index (χ2n) is 7.09. The molecule has 0 atom stereocenters. The number of hydrogen-bond donors (Lipinski definition) is 2. The summed E-state index contributed by atoms with van der Waals surface area (Å²) in [7, 11) is 0. The SMILES string of the molecule is CCCCCCCCC=CCCCCCCCC(=O)NCCOCCN. The molecule has 0 heterocycles. The summed E-state index contributed by atoms with van der Waals surface area (Å²) in [5.74, 6) is 0.138. The summed E-state index contributed by atoms with van der Waals surface area (Å²) in [6.45, 7) is 4.49. The molecule has 0 aliphatic heterocycles. The van der Waals surface area contributed by atoms with E-state index in [0.717, 1.165) is 12.8 Å². The molecule has 26 heavy (non-hydrogen) atoms. The fraction of sp³-hybridized carbons (Fsp3) is 0.864. The van der Waals surface area contributed by atoms with Gasteiger partial charge in [-0.05, 0) is 32.1 Å². The molecule has 0 aliphatic carbocycles. The molecule has 3 N–H and O–H groups in total. The van der Waals surface area contributed by atoms with Gasteiger partial charge in [0.1, 0.15) is 0 Å². The lowest BCUT2D eigenvalue weighted by Crippen LogP contribution is -2.27. The maximum absolute atomic E-state index is 11.6. The molecule has 0 aromatic rings. The van der Waals surface area contributed by atoms with Crippen LogP contribution in [0.25, 0.3) is 0 Å². The normalized spacial score (nSPS) is 11.3. The Morgan fingerprint density at radius 2 is 1.42 bits per heavy atom. The van der Waals surface area contributed by atoms with Crippen LogP contribution in [0.2, 0.25) is 0 Å². The predicted molar refractivity (Wildman–Crippen MR) is 112 cm³/mol. The Bertz CT molecular complexity index is 319. The van der Waals surface area contributed by atoms with Crippen LogP contribution < -0.4 is 11.1 Å². The van der Waals surface area contributed by atoms with Crippen molar-refractivity contribution in [3.63, 3.8) is 0 Å². The van der Waals surface area contributed by atoms with Crippen LogP contribution >= 0.6 is 0 Å². The Morgan fingerprint density at radius 3 is 2.04 bits per heavy atom. The van der Waals surface area contributed by atoms with E-state index >= 15 is 0 Å². The molecule has 0 spiro atoms. The Hall–Kier alpha value is -0.870. The van der Waals surface area contributed by atoms with Gasteiger partial charge in [-0.3, -0.25) is 4.79 Å². The minimum absolute atomic E-state index is 0.138. The van der Waals surface area contributed by atoms with E-state index in [4.69, 9.17) is 10.5 Å². The number of carbonyl (C=O) groups is 1. The minimum atomic E-state index is 0.138. The van der Waals surface area contributed by atoms with E-state index in [0.29, 0.717) is 32.7 Å². The van der Waals surface area contributed by atoms with E-state index in [2.05, 4.69) is 24.4 Å². The number of nitrogens with one attached hydrogen (secondary N) is 1. The van der Waals surface area contributed by atoms with E-state index in [1.165, 1.54) is 70.6 Å². The van der Waals surface area contributed by atoms with Crippen molar-refractivity contribution in [2.75, 3.05) is 26.3 Å². The monoisotopic (exact) mass is 368 g/mol. The van der Waals surface area contributed by atoms with Crippen LogP contribution in [0.5, 0.6) is 0 Å². The Labute approximate surface area is 162 Å². The van der Waals surface area contributed by atoms with Gasteiger partial charge in [0.15, 0.2) is 0 Å². The van der Waals surface area contributed by atoms with Crippen molar-refractivity contribution in [2.24, 2.45) is 5.73 Å². The predicted octanol–water partition coefficient (Wildman–Crippen LogP) is 5.12. The topological polar surface area (TPSA) is 64.3 Å². The zero-order chi connectivity index (χ0) is 19.1. The third-order valence-corrected chi connectivity index (χ3v) is 4.50. The van der Waals surface area contributed by atoms with Gasteiger partial charge < -0.3 is 15.8 Å². The van der Waals surface area contributed by atoms with Crippen molar-refractivity contribution < 1.29 is 9.53 Å². The lowest BCUT2D eigenvalue weighted by atomic mass is 10.1. The van der Waals surface area contributed by atoms with Crippen molar-refractivity contribution in [3.8, 4) is 0 Å². The van der Waals surface area contributed by atoms with Gasteiger partial charge in [0, 0.05) is 19.5 Å². The van der Waals surface area contributed by atoms with E-state index in [-0.39, 0.29) is 5.91 Å². The highest BCUT2D eigenvalue weighted by atomic mass is 16.5. The number of amides is 1. The lowest BCUT2D eigenvalue weighted by Gasteiger charge is -2.05. The highest BCUT2D eigenvalue weighted by molar-refractivity contribution is 5.75. The first kappa shape index (κ1) is 25.1. The fourth-order valence-electron chi connectivity index (χ4n) is 2.89. The van der Waals surface area contributed by atoms with Crippen molar-refractivity contribution in [3.05, 3.63) is 12.2 Å². The summed E-state index contributed by atoms with van der Waals surface area (Å²) in [6.07, 6.45) is 22.0. The van der Waals surface area contributed by atoms with Gasteiger partial charge in [-0.15, -0.1) is 0 Å². The van der Waals surface area contributed by atoms with Gasteiger partial charge in [-0.1, -0.05) is 70.4 Å². The molecule has 0 unspecified atom stereocenters. The first-order valence-electron chi connectivity index (χ1n) is 11.0. The molecule has 0 bridgehead atoms. The average Bonchev–Trinajstić information content (AvgIpc) is 2.64. The summed E-state index contributed by atoms with van der Waals surface area (Å²) >= 11 is 0. The quantitative estimate of drug-likeness (QED) is 0.232. The Balaban J connectivity index is 3.18. The van der Waals surface area contributed by atoms with Crippen LogP contribution in [0, 0.1) is 0 Å². The Kier molecular flexibility index (Phi) is 21.4. The van der Waals surface area contributed by atoms with Gasteiger partial charge in [-0.25, -0.2) is 0 Å². The summed E-state index contributed by atoms with van der Waals surface area (Å²) in [5, 5.41) is 2.88. The largest absolute Gasteiger partial charge is 0.378 e. The molecule has 0 radical (unpaired) electrons. The standard InChI is InChI=1S/C22H44N2O2/c1-2-3-4-5-6-7-8-9-10-11-12-13-14-15-16-17-22(25)24-19-21-26-20-18-23/h9-10H,2-8,11-21,23H2,1H3,(H,24,25). The van der Waals surface area contributed by atoms with Crippen molar-refractivity contribution in [2.45, 2.75) is 96.8 Å².